The van der Waals surface area contributed by atoms with Gasteiger partial charge in [0.1, 0.15) is 24.5 Å². The van der Waals surface area contributed by atoms with Crippen LogP contribution in [0, 0.1) is 11.3 Å². The zero-order valence-electron chi connectivity index (χ0n) is 12.4. The Kier molecular flexibility index (Phi) is 7.23. The third kappa shape index (κ3) is 6.25. The average molecular weight is 291 g/mol. The van der Waals surface area contributed by atoms with Gasteiger partial charge in [0.25, 0.3) is 0 Å². The molecule has 0 aliphatic heterocycles. The van der Waals surface area contributed by atoms with Gasteiger partial charge in [0.2, 0.25) is 5.91 Å². The molecule has 1 atom stereocenters. The molecule has 0 fully saturated rings. The van der Waals surface area contributed by atoms with Crippen LogP contribution >= 0.6 is 0 Å². The first kappa shape index (κ1) is 17.0. The van der Waals surface area contributed by atoms with E-state index in [9.17, 15) is 9.90 Å². The summed E-state index contributed by atoms with van der Waals surface area (Å²) in [6.07, 6.45) is -0.740. The van der Waals surface area contributed by atoms with Crippen LogP contribution in [0.3, 0.4) is 0 Å². The molecule has 1 aromatic rings. The van der Waals surface area contributed by atoms with Crippen molar-refractivity contribution < 1.29 is 14.6 Å². The van der Waals surface area contributed by atoms with Gasteiger partial charge >= 0.3 is 0 Å². The smallest absolute Gasteiger partial charge is 0.234 e. The largest absolute Gasteiger partial charge is 0.489 e. The molecule has 0 aromatic heterocycles. The van der Waals surface area contributed by atoms with E-state index < -0.39 is 6.10 Å². The lowest BCUT2D eigenvalue weighted by atomic mass is 10.2. The molecule has 2 N–H and O–H groups in total. The van der Waals surface area contributed by atoms with Crippen molar-refractivity contribution in [3.8, 4) is 11.8 Å². The molecule has 0 heterocycles. The Morgan fingerprint density at radius 2 is 2.24 bits per heavy atom. The van der Waals surface area contributed by atoms with Gasteiger partial charge in [-0.3, -0.25) is 9.69 Å². The van der Waals surface area contributed by atoms with Crippen LogP contribution in [0.5, 0.6) is 5.75 Å². The Balaban J connectivity index is 2.38. The first-order chi connectivity index (χ1) is 10.1. The van der Waals surface area contributed by atoms with Crippen LogP contribution in [0.25, 0.3) is 0 Å². The van der Waals surface area contributed by atoms with Crippen molar-refractivity contribution in [1.82, 2.24) is 10.2 Å². The number of aliphatic hydroxyl groups excluding tert-OH is 1. The summed E-state index contributed by atoms with van der Waals surface area (Å²) in [6, 6.07) is 8.89. The zero-order chi connectivity index (χ0) is 15.7. The van der Waals surface area contributed by atoms with Crippen LogP contribution < -0.4 is 10.1 Å². The molecule has 1 aromatic carbocycles. The van der Waals surface area contributed by atoms with Gasteiger partial charge in [0.15, 0.2) is 0 Å². The van der Waals surface area contributed by atoms with E-state index in [0.29, 0.717) is 24.4 Å². The number of para-hydroxylation sites is 1. The van der Waals surface area contributed by atoms with Gasteiger partial charge in [-0.2, -0.15) is 5.26 Å². The second-order valence-electron chi connectivity index (χ2n) is 4.72. The Hall–Kier alpha value is -2.10. The lowest BCUT2D eigenvalue weighted by Crippen LogP contribution is -2.40. The third-order valence-electron chi connectivity index (χ3n) is 2.75. The van der Waals surface area contributed by atoms with Crippen LogP contribution in [-0.2, 0) is 4.79 Å². The van der Waals surface area contributed by atoms with Crippen molar-refractivity contribution in [3.05, 3.63) is 29.8 Å². The number of nitrogens with one attached hydrogen (secondary N) is 1. The predicted octanol–water partition coefficient (Wildman–Crippen LogP) is 0.366. The second kappa shape index (κ2) is 8.95. The molecule has 1 rings (SSSR count). The van der Waals surface area contributed by atoms with Crippen molar-refractivity contribution in [2.24, 2.45) is 0 Å². The number of likely N-dealkylation sites (N-methyl/N-ethyl adjacent to an activating group) is 2. The van der Waals surface area contributed by atoms with Gasteiger partial charge < -0.3 is 15.2 Å². The average Bonchev–Trinajstić information content (AvgIpc) is 2.45. The summed E-state index contributed by atoms with van der Waals surface area (Å²) in [5, 5.41) is 21.5. The minimum absolute atomic E-state index is 0.0679. The molecule has 0 spiro atoms. The number of hydrogen-bond acceptors (Lipinski definition) is 5. The summed E-state index contributed by atoms with van der Waals surface area (Å²) in [5.41, 5.74) is 0.431. The number of benzene rings is 1. The van der Waals surface area contributed by atoms with Crippen LogP contribution in [0.4, 0.5) is 0 Å². The van der Waals surface area contributed by atoms with E-state index in [1.165, 1.54) is 0 Å². The van der Waals surface area contributed by atoms with Gasteiger partial charge in [-0.05, 0) is 26.1 Å². The highest BCUT2D eigenvalue weighted by atomic mass is 16.5. The van der Waals surface area contributed by atoms with Crippen molar-refractivity contribution in [3.63, 3.8) is 0 Å². The molecule has 0 aliphatic rings. The number of carbonyl (C=O) groups is 1. The van der Waals surface area contributed by atoms with Crippen molar-refractivity contribution >= 4 is 5.91 Å². The van der Waals surface area contributed by atoms with Gasteiger partial charge in [-0.25, -0.2) is 0 Å². The van der Waals surface area contributed by atoms with E-state index in [1.807, 2.05) is 13.0 Å². The van der Waals surface area contributed by atoms with Gasteiger partial charge in [0.05, 0.1) is 12.1 Å². The van der Waals surface area contributed by atoms with Crippen molar-refractivity contribution in [1.29, 1.82) is 5.26 Å². The maximum Gasteiger partial charge on any atom is 0.234 e. The van der Waals surface area contributed by atoms with E-state index in [-0.39, 0.29) is 19.1 Å². The fraction of sp³-hybridized carbons (Fsp3) is 0.467. The molecule has 0 saturated heterocycles. The van der Waals surface area contributed by atoms with Gasteiger partial charge in [-0.15, -0.1) is 0 Å². The monoisotopic (exact) mass is 291 g/mol. The van der Waals surface area contributed by atoms with E-state index in [0.717, 1.165) is 0 Å². The Morgan fingerprint density at radius 3 is 2.90 bits per heavy atom. The quantitative estimate of drug-likeness (QED) is 0.722. The minimum atomic E-state index is -0.740. The van der Waals surface area contributed by atoms with Crippen molar-refractivity contribution in [2.75, 3.05) is 33.3 Å². The van der Waals surface area contributed by atoms with E-state index in [2.05, 4.69) is 5.32 Å². The molecule has 114 valence electrons. The fourth-order valence-electron chi connectivity index (χ4n) is 1.85. The highest BCUT2D eigenvalue weighted by Crippen LogP contribution is 2.16. The molecule has 6 heteroatoms. The highest BCUT2D eigenvalue weighted by molar-refractivity contribution is 5.77. The van der Waals surface area contributed by atoms with Gasteiger partial charge in [0, 0.05) is 13.1 Å². The zero-order valence-corrected chi connectivity index (χ0v) is 12.4. The topological polar surface area (TPSA) is 85.6 Å². The summed E-state index contributed by atoms with van der Waals surface area (Å²) in [4.78, 5) is 13.1. The number of rotatable bonds is 8. The first-order valence-electron chi connectivity index (χ1n) is 6.82. The molecule has 0 saturated carbocycles. The molecule has 1 amide bonds. The summed E-state index contributed by atoms with van der Waals surface area (Å²) in [7, 11) is 1.75. The highest BCUT2D eigenvalue weighted by Gasteiger charge is 2.12. The Labute approximate surface area is 124 Å². The maximum atomic E-state index is 11.4. The maximum absolute atomic E-state index is 11.4. The van der Waals surface area contributed by atoms with Gasteiger partial charge in [-0.1, -0.05) is 12.1 Å². The number of nitriles is 1. The normalized spacial score (nSPS) is 11.8. The number of nitrogens with zero attached hydrogens (tertiary/aromatic N) is 2. The minimum Gasteiger partial charge on any atom is -0.489 e. The lowest BCUT2D eigenvalue weighted by molar-refractivity contribution is -0.122. The number of ether oxygens (including phenoxy) is 1. The number of hydrogen-bond donors (Lipinski definition) is 2. The fourth-order valence-corrected chi connectivity index (χ4v) is 1.85. The molecule has 21 heavy (non-hydrogen) atoms. The number of aliphatic hydroxyl groups is 1. The van der Waals surface area contributed by atoms with Crippen LogP contribution in [0.1, 0.15) is 12.5 Å². The molecule has 0 radical (unpaired) electrons. The third-order valence-corrected chi connectivity index (χ3v) is 2.75. The van der Waals surface area contributed by atoms with Crippen molar-refractivity contribution in [2.45, 2.75) is 13.0 Å². The Morgan fingerprint density at radius 1 is 1.52 bits per heavy atom. The summed E-state index contributed by atoms with van der Waals surface area (Å²) in [6.45, 7) is 3.04. The van der Waals surface area contributed by atoms with Crippen LogP contribution in [-0.4, -0.2) is 55.3 Å². The van der Waals surface area contributed by atoms with E-state index in [1.54, 1.807) is 36.2 Å². The second-order valence-corrected chi connectivity index (χ2v) is 4.72. The molecular weight excluding hydrogens is 270 g/mol. The SMILES string of the molecule is CCNC(=O)CN(C)CC(O)COc1ccccc1C#N. The molecule has 0 aliphatic carbocycles. The van der Waals surface area contributed by atoms with Crippen LogP contribution in [0.15, 0.2) is 24.3 Å². The predicted molar refractivity (Wildman–Crippen MR) is 78.8 cm³/mol. The van der Waals surface area contributed by atoms with Crippen LogP contribution in [0.2, 0.25) is 0 Å². The standard InChI is InChI=1S/C15H21N3O3/c1-3-17-15(20)10-18(2)9-13(19)11-21-14-7-5-4-6-12(14)8-16/h4-7,13,19H,3,9-11H2,1-2H3,(H,17,20). The molecule has 1 unspecified atom stereocenters. The number of amides is 1. The molecule has 6 nitrogen and oxygen atoms in total. The molecular formula is C15H21N3O3. The summed E-state index contributed by atoms with van der Waals surface area (Å²) in [5.74, 6) is 0.369. The number of carbonyl (C=O) groups excluding carboxylic acids is 1. The first-order valence-corrected chi connectivity index (χ1v) is 6.82. The summed E-state index contributed by atoms with van der Waals surface area (Å²) < 4.78 is 5.44. The molecule has 0 bridgehead atoms. The summed E-state index contributed by atoms with van der Waals surface area (Å²) >= 11 is 0. The van der Waals surface area contributed by atoms with E-state index >= 15 is 0 Å². The Bertz CT molecular complexity index is 499. The van der Waals surface area contributed by atoms with E-state index in [4.69, 9.17) is 10.00 Å². The lowest BCUT2D eigenvalue weighted by Gasteiger charge is -2.20.